The first-order chi connectivity index (χ1) is 11.7. The number of aromatic nitrogens is 1. The number of ether oxygens (including phenoxy) is 1. The van der Waals surface area contributed by atoms with Crippen molar-refractivity contribution in [2.75, 3.05) is 24.8 Å². The zero-order valence-corrected chi connectivity index (χ0v) is 14.1. The summed E-state index contributed by atoms with van der Waals surface area (Å²) in [6.07, 6.45) is 5.31. The molecule has 2 N–H and O–H groups in total. The molecule has 0 saturated heterocycles. The van der Waals surface area contributed by atoms with E-state index in [1.165, 1.54) is 0 Å². The van der Waals surface area contributed by atoms with Crippen molar-refractivity contribution in [1.29, 1.82) is 0 Å². The number of pyridine rings is 1. The summed E-state index contributed by atoms with van der Waals surface area (Å²) >= 11 is 1.60. The summed E-state index contributed by atoms with van der Waals surface area (Å²) in [7, 11) is 0. The van der Waals surface area contributed by atoms with Gasteiger partial charge < -0.3 is 15.4 Å². The average molecular weight is 345 g/mol. The van der Waals surface area contributed by atoms with Crippen molar-refractivity contribution in [3.8, 4) is 0 Å². The van der Waals surface area contributed by atoms with Crippen LogP contribution in [-0.4, -0.2) is 36.3 Å². The van der Waals surface area contributed by atoms with E-state index in [0.717, 1.165) is 10.5 Å². The number of carbonyl (C=O) groups excluding carboxylic acids is 2. The molecule has 2 aromatic rings. The van der Waals surface area contributed by atoms with E-state index in [2.05, 4.69) is 15.6 Å². The fraction of sp³-hybridized carbons (Fsp3) is 0.235. The van der Waals surface area contributed by atoms with Crippen LogP contribution in [0.15, 0.2) is 53.7 Å². The normalized spacial score (nSPS) is 10.2. The van der Waals surface area contributed by atoms with Gasteiger partial charge in [0.25, 0.3) is 0 Å². The molecule has 0 aliphatic carbocycles. The van der Waals surface area contributed by atoms with Crippen molar-refractivity contribution in [2.45, 2.75) is 11.4 Å². The number of rotatable bonds is 8. The molecule has 0 atom stereocenters. The van der Waals surface area contributed by atoms with E-state index in [1.807, 2.05) is 30.5 Å². The second-order valence-electron chi connectivity index (χ2n) is 4.91. The van der Waals surface area contributed by atoms with E-state index in [1.54, 1.807) is 36.3 Å². The van der Waals surface area contributed by atoms with E-state index in [4.69, 9.17) is 4.74 Å². The number of carbonyl (C=O) groups is 2. The molecular formula is C17H19N3O3S. The summed E-state index contributed by atoms with van der Waals surface area (Å²) in [5.74, 6) is -0.579. The Kier molecular flexibility index (Phi) is 7.25. The quantitative estimate of drug-likeness (QED) is 0.716. The van der Waals surface area contributed by atoms with E-state index in [-0.39, 0.29) is 25.0 Å². The molecule has 2 rings (SSSR count). The number of nitrogens with zero attached hydrogens (tertiary/aromatic N) is 1. The van der Waals surface area contributed by atoms with Gasteiger partial charge in [-0.25, -0.2) is 0 Å². The minimum Gasteiger partial charge on any atom is -0.362 e. The molecule has 0 radical (unpaired) electrons. The van der Waals surface area contributed by atoms with E-state index in [0.29, 0.717) is 12.2 Å². The molecule has 0 unspecified atom stereocenters. The molecule has 1 heterocycles. The fourth-order valence-electron chi connectivity index (χ4n) is 1.89. The van der Waals surface area contributed by atoms with Crippen molar-refractivity contribution in [1.82, 2.24) is 10.3 Å². The van der Waals surface area contributed by atoms with Gasteiger partial charge in [0.1, 0.15) is 13.2 Å². The van der Waals surface area contributed by atoms with Gasteiger partial charge in [0.15, 0.2) is 0 Å². The molecule has 1 aromatic heterocycles. The van der Waals surface area contributed by atoms with Crippen LogP contribution in [0.2, 0.25) is 0 Å². The molecule has 0 spiro atoms. The van der Waals surface area contributed by atoms with Crippen LogP contribution in [-0.2, 0) is 20.9 Å². The minimum atomic E-state index is -0.298. The van der Waals surface area contributed by atoms with Crippen LogP contribution < -0.4 is 10.6 Å². The van der Waals surface area contributed by atoms with Crippen molar-refractivity contribution in [2.24, 2.45) is 0 Å². The third-order valence-corrected chi connectivity index (χ3v) is 3.76. The topological polar surface area (TPSA) is 80.3 Å². The molecule has 0 fully saturated rings. The van der Waals surface area contributed by atoms with Gasteiger partial charge in [0.2, 0.25) is 11.8 Å². The average Bonchev–Trinajstić information content (AvgIpc) is 2.61. The molecule has 0 aliphatic heterocycles. The molecular weight excluding hydrogens is 326 g/mol. The largest absolute Gasteiger partial charge is 0.362 e. The lowest BCUT2D eigenvalue weighted by atomic mass is 10.3. The van der Waals surface area contributed by atoms with E-state index in [9.17, 15) is 9.59 Å². The van der Waals surface area contributed by atoms with Crippen LogP contribution in [0.4, 0.5) is 5.69 Å². The molecule has 0 saturated carbocycles. The van der Waals surface area contributed by atoms with Gasteiger partial charge >= 0.3 is 0 Å². The lowest BCUT2D eigenvalue weighted by Crippen LogP contribution is -2.29. The Labute approximate surface area is 145 Å². The Morgan fingerprint density at radius 2 is 2.00 bits per heavy atom. The summed E-state index contributed by atoms with van der Waals surface area (Å²) in [6.45, 7) is 0.0338. The molecule has 0 aliphatic rings. The molecule has 1 aromatic carbocycles. The van der Waals surface area contributed by atoms with Crippen LogP contribution in [0.5, 0.6) is 0 Å². The third-order valence-electron chi connectivity index (χ3n) is 3.03. The number of hydrogen-bond donors (Lipinski definition) is 2. The van der Waals surface area contributed by atoms with Crippen LogP contribution in [0.3, 0.4) is 0 Å². The molecule has 126 valence electrons. The van der Waals surface area contributed by atoms with Gasteiger partial charge in [0, 0.05) is 29.5 Å². The Bertz CT molecular complexity index is 680. The highest BCUT2D eigenvalue weighted by Gasteiger charge is 2.06. The first-order valence-corrected chi connectivity index (χ1v) is 8.57. The second kappa shape index (κ2) is 9.69. The van der Waals surface area contributed by atoms with E-state index >= 15 is 0 Å². The zero-order chi connectivity index (χ0) is 17.2. The number of hydrogen-bond acceptors (Lipinski definition) is 5. The SMILES string of the molecule is CSc1cccc(NC(=O)COCC(=O)NCc2cccnc2)c1. The maximum Gasteiger partial charge on any atom is 0.250 e. The van der Waals surface area contributed by atoms with Gasteiger partial charge in [0.05, 0.1) is 0 Å². The predicted octanol–water partition coefficient (Wildman–Crippen LogP) is 2.08. The van der Waals surface area contributed by atoms with Crippen molar-refractivity contribution in [3.63, 3.8) is 0 Å². The van der Waals surface area contributed by atoms with Crippen LogP contribution >= 0.6 is 11.8 Å². The maximum atomic E-state index is 11.8. The first-order valence-electron chi connectivity index (χ1n) is 7.34. The second-order valence-corrected chi connectivity index (χ2v) is 5.79. The highest BCUT2D eigenvalue weighted by molar-refractivity contribution is 7.98. The summed E-state index contributed by atoms with van der Waals surface area (Å²) < 4.78 is 5.13. The molecule has 0 bridgehead atoms. The van der Waals surface area contributed by atoms with Crippen LogP contribution in [0.25, 0.3) is 0 Å². The van der Waals surface area contributed by atoms with Gasteiger partial charge in [-0.1, -0.05) is 12.1 Å². The number of thioether (sulfide) groups is 1. The van der Waals surface area contributed by atoms with Crippen molar-refractivity contribution in [3.05, 3.63) is 54.4 Å². The van der Waals surface area contributed by atoms with Crippen molar-refractivity contribution < 1.29 is 14.3 Å². The van der Waals surface area contributed by atoms with Gasteiger partial charge in [-0.05, 0) is 36.1 Å². The first kappa shape index (κ1) is 18.0. The van der Waals surface area contributed by atoms with Gasteiger partial charge in [-0.2, -0.15) is 0 Å². The highest BCUT2D eigenvalue weighted by atomic mass is 32.2. The van der Waals surface area contributed by atoms with Crippen LogP contribution in [0.1, 0.15) is 5.56 Å². The molecule has 24 heavy (non-hydrogen) atoms. The lowest BCUT2D eigenvalue weighted by molar-refractivity contribution is -0.128. The summed E-state index contributed by atoms with van der Waals surface area (Å²) in [5, 5.41) is 5.43. The number of anilines is 1. The number of benzene rings is 1. The standard InChI is InChI=1S/C17H19N3O3S/c1-24-15-6-2-5-14(8-15)20-17(22)12-23-11-16(21)19-10-13-4-3-7-18-9-13/h2-9H,10-12H2,1H3,(H,19,21)(H,20,22). The zero-order valence-electron chi connectivity index (χ0n) is 13.3. The van der Waals surface area contributed by atoms with Crippen LogP contribution in [0, 0.1) is 0 Å². The van der Waals surface area contributed by atoms with E-state index < -0.39 is 0 Å². The third kappa shape index (κ3) is 6.39. The monoisotopic (exact) mass is 345 g/mol. The number of nitrogens with one attached hydrogen (secondary N) is 2. The van der Waals surface area contributed by atoms with Gasteiger partial charge in [-0.3, -0.25) is 14.6 Å². The van der Waals surface area contributed by atoms with Gasteiger partial charge in [-0.15, -0.1) is 11.8 Å². The molecule has 7 heteroatoms. The number of amides is 2. The molecule has 6 nitrogen and oxygen atoms in total. The summed E-state index contributed by atoms with van der Waals surface area (Å²) in [5.41, 5.74) is 1.61. The molecule has 2 amide bonds. The Morgan fingerprint density at radius 3 is 2.75 bits per heavy atom. The minimum absolute atomic E-state index is 0.168. The predicted molar refractivity (Wildman–Crippen MR) is 93.8 cm³/mol. The summed E-state index contributed by atoms with van der Waals surface area (Å²) in [6, 6.07) is 11.2. The summed E-state index contributed by atoms with van der Waals surface area (Å²) in [4.78, 5) is 28.5. The fourth-order valence-corrected chi connectivity index (χ4v) is 2.35. The van der Waals surface area contributed by atoms with Crippen molar-refractivity contribution >= 4 is 29.3 Å². The lowest BCUT2D eigenvalue weighted by Gasteiger charge is -2.08. The Hall–Kier alpha value is -2.38. The Morgan fingerprint density at radius 1 is 1.17 bits per heavy atom. The maximum absolute atomic E-state index is 11.8. The highest BCUT2D eigenvalue weighted by Crippen LogP contribution is 2.18. The Balaban J connectivity index is 1.65. The smallest absolute Gasteiger partial charge is 0.250 e.